The van der Waals surface area contributed by atoms with Crippen LogP contribution in [0.4, 0.5) is 5.69 Å². The Balaban J connectivity index is 2.88. The number of aryl methyl sites for hydroxylation is 1. The molecule has 0 saturated heterocycles. The number of rotatable bonds is 2. The van der Waals surface area contributed by atoms with E-state index in [2.05, 4.69) is 9.63 Å². The lowest BCUT2D eigenvalue weighted by molar-refractivity contribution is 0.482. The van der Waals surface area contributed by atoms with Crippen molar-refractivity contribution in [2.24, 2.45) is 9.63 Å². The second-order valence-corrected chi connectivity index (χ2v) is 3.52. The predicted molar refractivity (Wildman–Crippen MR) is 47.2 cm³/mol. The van der Waals surface area contributed by atoms with E-state index < -0.39 is 10.3 Å². The van der Waals surface area contributed by atoms with Crippen LogP contribution in [-0.4, -0.2) is 13.0 Å². The van der Waals surface area contributed by atoms with Crippen LogP contribution in [0.5, 0.6) is 0 Å². The highest BCUT2D eigenvalue weighted by atomic mass is 32.2. The van der Waals surface area contributed by atoms with E-state index in [1.54, 1.807) is 24.3 Å². The molecule has 0 atom stereocenters. The van der Waals surface area contributed by atoms with Gasteiger partial charge in [-0.15, -0.1) is 5.11 Å². The Bertz CT molecular complexity index is 408. The summed E-state index contributed by atoms with van der Waals surface area (Å²) in [4.78, 5) is 0. The molecule has 1 aromatic carbocycles. The van der Waals surface area contributed by atoms with E-state index >= 15 is 0 Å². The fourth-order valence-corrected chi connectivity index (χ4v) is 0.908. The number of nitrogens with zero attached hydrogens (tertiary/aromatic N) is 2. The summed E-state index contributed by atoms with van der Waals surface area (Å²) in [5, 5.41) is 3.31. The van der Waals surface area contributed by atoms with Gasteiger partial charge in [0.2, 0.25) is 0 Å². The summed E-state index contributed by atoms with van der Waals surface area (Å²) in [5.41, 5.74) is 1.41. The molecule has 0 spiro atoms. The first-order valence-electron chi connectivity index (χ1n) is 3.44. The Kier molecular flexibility index (Phi) is 2.74. The zero-order valence-electron chi connectivity index (χ0n) is 6.88. The highest BCUT2D eigenvalue weighted by Crippen LogP contribution is 2.13. The molecule has 70 valence electrons. The Hall–Kier alpha value is -1.27. The third-order valence-corrected chi connectivity index (χ3v) is 1.58. The molecule has 0 aromatic heterocycles. The van der Waals surface area contributed by atoms with Crippen LogP contribution in [0.3, 0.4) is 0 Å². The van der Waals surface area contributed by atoms with Gasteiger partial charge in [0.05, 0.1) is 5.69 Å². The molecule has 0 heterocycles. The van der Waals surface area contributed by atoms with Gasteiger partial charge < -0.3 is 0 Å². The van der Waals surface area contributed by atoms with Crippen molar-refractivity contribution in [2.45, 2.75) is 6.92 Å². The maximum absolute atomic E-state index is 10.2. The monoisotopic (exact) mass is 200 g/mol. The third-order valence-electron chi connectivity index (χ3n) is 1.29. The van der Waals surface area contributed by atoms with Crippen molar-refractivity contribution in [3.05, 3.63) is 29.8 Å². The normalized spacial score (nSPS) is 12.2. The standard InChI is InChI=1S/C7H8N2O3S/c1-6-2-4-7(5-3-6)8-9-13(10,11)12/h2-5H,1H3,(H,10,11,12). The molecule has 6 heteroatoms. The van der Waals surface area contributed by atoms with Crippen molar-refractivity contribution < 1.29 is 13.0 Å². The van der Waals surface area contributed by atoms with Crippen LogP contribution in [0.25, 0.3) is 0 Å². The first-order valence-corrected chi connectivity index (χ1v) is 4.84. The molecule has 13 heavy (non-hydrogen) atoms. The Labute approximate surface area is 76.0 Å². The number of hydrogen-bond acceptors (Lipinski definition) is 3. The molecule has 0 bridgehead atoms. The molecule has 0 aliphatic carbocycles. The van der Waals surface area contributed by atoms with E-state index in [4.69, 9.17) is 4.55 Å². The molecule has 1 N–H and O–H groups in total. The fourth-order valence-electron chi connectivity index (χ4n) is 0.710. The Morgan fingerprint density at radius 2 is 1.77 bits per heavy atom. The number of hydrogen-bond donors (Lipinski definition) is 1. The largest absolute Gasteiger partial charge is 0.396 e. The average Bonchev–Trinajstić information content (AvgIpc) is 2.02. The smallest absolute Gasteiger partial charge is 0.267 e. The topological polar surface area (TPSA) is 79.1 Å². The lowest BCUT2D eigenvalue weighted by Crippen LogP contribution is -1.87. The van der Waals surface area contributed by atoms with Gasteiger partial charge in [-0.25, -0.2) is 0 Å². The van der Waals surface area contributed by atoms with E-state index in [1.807, 2.05) is 6.92 Å². The second kappa shape index (κ2) is 3.63. The average molecular weight is 200 g/mol. The van der Waals surface area contributed by atoms with Crippen LogP contribution >= 0.6 is 0 Å². The zero-order valence-corrected chi connectivity index (χ0v) is 7.69. The molecular weight excluding hydrogens is 192 g/mol. The summed E-state index contributed by atoms with van der Waals surface area (Å²) in [6, 6.07) is 6.73. The minimum absolute atomic E-state index is 0.378. The summed E-state index contributed by atoms with van der Waals surface area (Å²) in [6.45, 7) is 1.89. The molecule has 1 rings (SSSR count). The van der Waals surface area contributed by atoms with E-state index in [9.17, 15) is 8.42 Å². The molecule has 0 amide bonds. The van der Waals surface area contributed by atoms with E-state index in [1.165, 1.54) is 0 Å². The minimum atomic E-state index is -4.37. The third kappa shape index (κ3) is 3.77. The molecule has 0 unspecified atom stereocenters. The SMILES string of the molecule is Cc1ccc(N=NS(=O)(=O)O)cc1. The molecule has 0 saturated carbocycles. The van der Waals surface area contributed by atoms with Gasteiger partial charge >= 0.3 is 10.3 Å². The van der Waals surface area contributed by atoms with Gasteiger partial charge in [-0.1, -0.05) is 17.7 Å². The second-order valence-electron chi connectivity index (χ2n) is 2.47. The summed E-state index contributed by atoms with van der Waals surface area (Å²) in [5.74, 6) is 0. The maximum atomic E-state index is 10.2. The lowest BCUT2D eigenvalue weighted by atomic mass is 10.2. The van der Waals surface area contributed by atoms with Crippen molar-refractivity contribution in [3.8, 4) is 0 Å². The maximum Gasteiger partial charge on any atom is 0.396 e. The van der Waals surface area contributed by atoms with Crippen molar-refractivity contribution in [3.63, 3.8) is 0 Å². The molecule has 0 fully saturated rings. The fraction of sp³-hybridized carbons (Fsp3) is 0.143. The van der Waals surface area contributed by atoms with Gasteiger partial charge in [-0.2, -0.15) is 8.42 Å². The highest BCUT2D eigenvalue weighted by Gasteiger charge is 1.97. The van der Waals surface area contributed by atoms with E-state index in [0.717, 1.165) is 5.56 Å². The Morgan fingerprint density at radius 1 is 1.23 bits per heavy atom. The summed E-state index contributed by atoms with van der Waals surface area (Å²) in [7, 11) is -4.37. The first kappa shape index (κ1) is 9.82. The number of benzene rings is 1. The van der Waals surface area contributed by atoms with Crippen LogP contribution in [0.15, 0.2) is 33.9 Å². The van der Waals surface area contributed by atoms with Crippen LogP contribution < -0.4 is 0 Å². The van der Waals surface area contributed by atoms with Crippen molar-refractivity contribution in [1.82, 2.24) is 0 Å². The van der Waals surface area contributed by atoms with Crippen molar-refractivity contribution in [2.75, 3.05) is 0 Å². The molecule has 0 aliphatic rings. The predicted octanol–water partition coefficient (Wildman–Crippen LogP) is 1.88. The van der Waals surface area contributed by atoms with Crippen LogP contribution in [-0.2, 0) is 10.3 Å². The van der Waals surface area contributed by atoms with Crippen molar-refractivity contribution >= 4 is 16.0 Å². The Morgan fingerprint density at radius 3 is 2.23 bits per heavy atom. The van der Waals surface area contributed by atoms with Gasteiger partial charge in [0.1, 0.15) is 0 Å². The van der Waals surface area contributed by atoms with E-state index in [0.29, 0.717) is 5.69 Å². The van der Waals surface area contributed by atoms with Crippen LogP contribution in [0.2, 0.25) is 0 Å². The molecule has 1 aromatic rings. The minimum Gasteiger partial charge on any atom is -0.267 e. The lowest BCUT2D eigenvalue weighted by Gasteiger charge is -1.91. The van der Waals surface area contributed by atoms with E-state index in [-0.39, 0.29) is 0 Å². The quantitative estimate of drug-likeness (QED) is 0.584. The summed E-state index contributed by atoms with van der Waals surface area (Å²) >= 11 is 0. The molecule has 0 radical (unpaired) electrons. The van der Waals surface area contributed by atoms with Gasteiger partial charge in [0, 0.05) is 0 Å². The van der Waals surface area contributed by atoms with Gasteiger partial charge in [-0.3, -0.25) is 4.55 Å². The highest BCUT2D eigenvalue weighted by molar-refractivity contribution is 7.84. The first-order chi connectivity index (χ1) is 5.97. The molecule has 0 aliphatic heterocycles. The summed E-state index contributed by atoms with van der Waals surface area (Å²) < 4.78 is 31.3. The van der Waals surface area contributed by atoms with Crippen LogP contribution in [0, 0.1) is 6.92 Å². The zero-order chi connectivity index (χ0) is 9.90. The summed E-state index contributed by atoms with van der Waals surface area (Å²) in [6.07, 6.45) is 0. The van der Waals surface area contributed by atoms with Gasteiger partial charge in [0.25, 0.3) is 0 Å². The van der Waals surface area contributed by atoms with Crippen molar-refractivity contribution in [1.29, 1.82) is 0 Å². The molecular formula is C7H8N2O3S. The van der Waals surface area contributed by atoms with Gasteiger partial charge in [0.15, 0.2) is 0 Å². The molecule has 5 nitrogen and oxygen atoms in total. The van der Waals surface area contributed by atoms with Crippen LogP contribution in [0.1, 0.15) is 5.56 Å². The van der Waals surface area contributed by atoms with Gasteiger partial charge in [-0.05, 0) is 23.6 Å².